The predicted octanol–water partition coefficient (Wildman–Crippen LogP) is 2.84. The van der Waals surface area contributed by atoms with E-state index in [1.54, 1.807) is 25.1 Å². The predicted molar refractivity (Wildman–Crippen MR) is 110 cm³/mol. The molecule has 7 heteroatoms. The molecule has 1 N–H and O–H groups in total. The lowest BCUT2D eigenvalue weighted by Gasteiger charge is -2.23. The molecule has 156 valence electrons. The number of nitrogens with zero attached hydrogens (tertiary/aromatic N) is 1. The van der Waals surface area contributed by atoms with Crippen molar-refractivity contribution in [3.63, 3.8) is 0 Å². The van der Waals surface area contributed by atoms with Crippen LogP contribution in [0.2, 0.25) is 0 Å². The van der Waals surface area contributed by atoms with E-state index in [4.69, 9.17) is 9.47 Å². The molecule has 1 heterocycles. The van der Waals surface area contributed by atoms with Crippen LogP contribution in [0.3, 0.4) is 0 Å². The number of carbonyl (C=O) groups excluding carboxylic acids is 3. The maximum atomic E-state index is 13.2. The number of imide groups is 1. The average Bonchev–Trinajstić information content (AvgIpc) is 3.31. The van der Waals surface area contributed by atoms with Crippen molar-refractivity contribution in [1.29, 1.82) is 0 Å². The third-order valence-electron chi connectivity index (χ3n) is 5.96. The average molecular weight is 408 g/mol. The zero-order valence-electron chi connectivity index (χ0n) is 17.3. The molecule has 1 aliphatic heterocycles. The second kappa shape index (κ2) is 7.48. The number of rotatable bonds is 6. The van der Waals surface area contributed by atoms with Crippen LogP contribution in [0.25, 0.3) is 0 Å². The van der Waals surface area contributed by atoms with Gasteiger partial charge in [-0.3, -0.25) is 14.5 Å². The van der Waals surface area contributed by atoms with Crippen molar-refractivity contribution in [2.45, 2.75) is 31.7 Å². The van der Waals surface area contributed by atoms with Gasteiger partial charge in [0.05, 0.1) is 26.3 Å². The molecule has 0 unspecified atom stereocenters. The van der Waals surface area contributed by atoms with Gasteiger partial charge in [-0.15, -0.1) is 0 Å². The number of aryl methyl sites for hydroxylation is 2. The quantitative estimate of drug-likeness (QED) is 0.587. The van der Waals surface area contributed by atoms with Crippen molar-refractivity contribution in [3.8, 4) is 11.5 Å². The first kappa shape index (κ1) is 19.9. The van der Waals surface area contributed by atoms with Crippen molar-refractivity contribution < 1.29 is 23.9 Å². The molecule has 2 aromatic carbocycles. The van der Waals surface area contributed by atoms with Gasteiger partial charge in [0.15, 0.2) is 5.78 Å². The first-order valence-electron chi connectivity index (χ1n) is 9.89. The summed E-state index contributed by atoms with van der Waals surface area (Å²) in [6, 6.07) is 10.1. The van der Waals surface area contributed by atoms with E-state index < -0.39 is 23.3 Å². The highest BCUT2D eigenvalue weighted by atomic mass is 16.5. The Hall–Kier alpha value is -3.35. The van der Waals surface area contributed by atoms with Crippen LogP contribution in [-0.2, 0) is 23.2 Å². The van der Waals surface area contributed by atoms with E-state index >= 15 is 0 Å². The van der Waals surface area contributed by atoms with Crippen LogP contribution in [0.15, 0.2) is 36.4 Å². The van der Waals surface area contributed by atoms with Gasteiger partial charge in [-0.2, -0.15) is 0 Å². The summed E-state index contributed by atoms with van der Waals surface area (Å²) >= 11 is 0. The lowest BCUT2D eigenvalue weighted by molar-refractivity contribution is -0.130. The van der Waals surface area contributed by atoms with Crippen molar-refractivity contribution in [3.05, 3.63) is 58.7 Å². The third kappa shape index (κ3) is 3.20. The molecule has 0 bridgehead atoms. The summed E-state index contributed by atoms with van der Waals surface area (Å²) < 4.78 is 10.4. The molecule has 7 nitrogen and oxygen atoms in total. The fourth-order valence-electron chi connectivity index (χ4n) is 4.18. The van der Waals surface area contributed by atoms with Crippen LogP contribution in [0, 0.1) is 0 Å². The third-order valence-corrected chi connectivity index (χ3v) is 5.96. The molecular weight excluding hydrogens is 384 g/mol. The molecule has 30 heavy (non-hydrogen) atoms. The van der Waals surface area contributed by atoms with Gasteiger partial charge in [0, 0.05) is 6.07 Å². The topological polar surface area (TPSA) is 84.9 Å². The van der Waals surface area contributed by atoms with E-state index in [1.165, 1.54) is 25.3 Å². The van der Waals surface area contributed by atoms with Gasteiger partial charge in [0.2, 0.25) is 0 Å². The molecular formula is C23H24N2O5. The van der Waals surface area contributed by atoms with Crippen LogP contribution in [0.4, 0.5) is 4.79 Å². The normalized spacial score (nSPS) is 20.2. The summed E-state index contributed by atoms with van der Waals surface area (Å²) in [7, 11) is 2.97. The Morgan fingerprint density at radius 2 is 1.83 bits per heavy atom. The summed E-state index contributed by atoms with van der Waals surface area (Å²) in [5.74, 6) is 0.0397. The second-order valence-electron chi connectivity index (χ2n) is 7.77. The summed E-state index contributed by atoms with van der Waals surface area (Å²) in [5, 5.41) is 2.78. The van der Waals surface area contributed by atoms with Gasteiger partial charge in [0.1, 0.15) is 17.0 Å². The number of methoxy groups -OCH3 is 2. The number of hydrogen-bond acceptors (Lipinski definition) is 5. The van der Waals surface area contributed by atoms with E-state index in [9.17, 15) is 14.4 Å². The second-order valence-corrected chi connectivity index (χ2v) is 7.77. The molecule has 2 aromatic rings. The fourth-order valence-corrected chi connectivity index (χ4v) is 4.18. The molecule has 0 spiro atoms. The van der Waals surface area contributed by atoms with Gasteiger partial charge < -0.3 is 14.8 Å². The van der Waals surface area contributed by atoms with E-state index in [2.05, 4.69) is 5.32 Å². The molecule has 1 atom stereocenters. The van der Waals surface area contributed by atoms with Crippen molar-refractivity contribution >= 4 is 17.7 Å². The van der Waals surface area contributed by atoms with Crippen LogP contribution in [0.1, 0.15) is 40.4 Å². The Morgan fingerprint density at radius 3 is 2.57 bits per heavy atom. The van der Waals surface area contributed by atoms with Crippen molar-refractivity contribution in [2.24, 2.45) is 0 Å². The molecule has 1 aliphatic carbocycles. The van der Waals surface area contributed by atoms with Crippen LogP contribution >= 0.6 is 0 Å². The molecule has 3 amide bonds. The summed E-state index contributed by atoms with van der Waals surface area (Å²) in [6.07, 6.45) is 3.11. The molecule has 4 rings (SSSR count). The molecule has 1 saturated heterocycles. The first-order chi connectivity index (χ1) is 14.4. The smallest absolute Gasteiger partial charge is 0.325 e. The number of nitrogens with one attached hydrogen (secondary N) is 1. The maximum Gasteiger partial charge on any atom is 0.325 e. The summed E-state index contributed by atoms with van der Waals surface area (Å²) in [4.78, 5) is 39.7. The van der Waals surface area contributed by atoms with Crippen LogP contribution in [0.5, 0.6) is 11.5 Å². The van der Waals surface area contributed by atoms with E-state index in [-0.39, 0.29) is 12.1 Å². The number of carbonyl (C=O) groups is 3. The first-order valence-corrected chi connectivity index (χ1v) is 9.89. The highest BCUT2D eigenvalue weighted by molar-refractivity contribution is 6.11. The van der Waals surface area contributed by atoms with Gasteiger partial charge >= 0.3 is 6.03 Å². The monoisotopic (exact) mass is 408 g/mol. The number of hydrogen-bond donors (Lipinski definition) is 1. The number of fused-ring (bicyclic) bond motifs is 1. The number of urea groups is 1. The van der Waals surface area contributed by atoms with Gasteiger partial charge in [0.25, 0.3) is 5.91 Å². The van der Waals surface area contributed by atoms with Crippen LogP contribution < -0.4 is 14.8 Å². The van der Waals surface area contributed by atoms with Gasteiger partial charge in [-0.25, -0.2) is 4.79 Å². The molecule has 0 radical (unpaired) electrons. The summed E-state index contributed by atoms with van der Waals surface area (Å²) in [6.45, 7) is 1.32. The number of Topliss-reactive ketones (excluding diaryl/α,β-unsaturated/α-hetero) is 1. The standard InChI is InChI=1S/C23H24N2O5/c1-23(16-8-7-14-5-4-6-15(14)11-16)21(27)25(22(28)24-23)13-19(26)18-10-9-17(29-2)12-20(18)30-3/h7-12H,4-6,13H2,1-3H3,(H,24,28)/t23-/m1/s1. The Kier molecular flexibility index (Phi) is 4.97. The van der Waals surface area contributed by atoms with Crippen molar-refractivity contribution in [1.82, 2.24) is 10.2 Å². The Balaban J connectivity index is 1.58. The minimum atomic E-state index is -1.20. The largest absolute Gasteiger partial charge is 0.497 e. The minimum absolute atomic E-state index is 0.282. The minimum Gasteiger partial charge on any atom is -0.497 e. The highest BCUT2D eigenvalue weighted by Gasteiger charge is 2.49. The highest BCUT2D eigenvalue weighted by Crippen LogP contribution is 2.33. The molecule has 1 fully saturated rings. The zero-order chi connectivity index (χ0) is 21.5. The van der Waals surface area contributed by atoms with Crippen molar-refractivity contribution in [2.75, 3.05) is 20.8 Å². The van der Waals surface area contributed by atoms with Crippen LogP contribution in [-0.4, -0.2) is 43.4 Å². The molecule has 2 aliphatic rings. The summed E-state index contributed by atoms with van der Waals surface area (Å²) in [5.41, 5.74) is 2.33. The van der Waals surface area contributed by atoms with E-state index in [0.717, 1.165) is 29.7 Å². The van der Waals surface area contributed by atoms with Gasteiger partial charge in [-0.05, 0) is 55.0 Å². The zero-order valence-corrected chi connectivity index (χ0v) is 17.3. The number of ether oxygens (including phenoxy) is 2. The van der Waals surface area contributed by atoms with E-state index in [0.29, 0.717) is 11.5 Å². The Labute approximate surface area is 175 Å². The lowest BCUT2D eigenvalue weighted by Crippen LogP contribution is -2.41. The Morgan fingerprint density at radius 1 is 1.07 bits per heavy atom. The molecule has 0 saturated carbocycles. The molecule has 0 aromatic heterocycles. The number of ketones is 1. The SMILES string of the molecule is COc1ccc(C(=O)CN2C(=O)N[C@](C)(c3ccc4c(c3)CCC4)C2=O)c(OC)c1. The van der Waals surface area contributed by atoms with Gasteiger partial charge in [-0.1, -0.05) is 18.2 Å². The Bertz CT molecular complexity index is 1050. The number of amides is 3. The van der Waals surface area contributed by atoms with E-state index in [1.807, 2.05) is 18.2 Å². The lowest BCUT2D eigenvalue weighted by atomic mass is 9.89. The fraction of sp³-hybridized carbons (Fsp3) is 0.348. The number of benzene rings is 2. The maximum absolute atomic E-state index is 13.2.